The molecule has 3 heterocycles. The topological polar surface area (TPSA) is 109 Å². The lowest BCUT2D eigenvalue weighted by Crippen LogP contribution is -2.32. The molecular weight excluding hydrogens is 614 g/mol. The number of nitrogens with one attached hydrogen (secondary N) is 2. The maximum Gasteiger partial charge on any atom is 0.305 e. The monoisotopic (exact) mass is 635 g/mol. The Bertz CT molecular complexity index is 1690. The number of halogens is 1. The third kappa shape index (κ3) is 4.89. The van der Waals surface area contributed by atoms with E-state index >= 15 is 0 Å². The Kier molecular flexibility index (Phi) is 7.11. The molecule has 3 atom stereocenters. The molecular formula is C29H22BrN3O5S2. The molecule has 1 saturated heterocycles. The highest BCUT2D eigenvalue weighted by Gasteiger charge is 2.56. The summed E-state index contributed by atoms with van der Waals surface area (Å²) in [6, 6.07) is 21.6. The van der Waals surface area contributed by atoms with Gasteiger partial charge in [0.25, 0.3) is 5.91 Å². The summed E-state index contributed by atoms with van der Waals surface area (Å²) in [6.45, 7) is 1.67. The second-order valence-corrected chi connectivity index (χ2v) is 12.6. The SMILES string of the molecule is Cc1ccc(N2C(=O)C3Sc4[nH]c(=O)sc4[C@H](c4cc(Br)ccc4OCC(=O)Nc4ccccc4)C3C2=O)cc1. The van der Waals surface area contributed by atoms with Crippen molar-refractivity contribution in [1.29, 1.82) is 0 Å². The van der Waals surface area contributed by atoms with Crippen molar-refractivity contribution in [3.63, 3.8) is 0 Å². The van der Waals surface area contributed by atoms with Crippen LogP contribution in [0.5, 0.6) is 5.75 Å². The highest BCUT2D eigenvalue weighted by atomic mass is 79.9. The van der Waals surface area contributed by atoms with Crippen LogP contribution in [0.4, 0.5) is 11.4 Å². The van der Waals surface area contributed by atoms with Crippen molar-refractivity contribution >= 4 is 68.1 Å². The molecule has 11 heteroatoms. The molecule has 1 fully saturated rings. The van der Waals surface area contributed by atoms with Gasteiger partial charge in [-0.2, -0.15) is 0 Å². The summed E-state index contributed by atoms with van der Waals surface area (Å²) in [4.78, 5) is 57.3. The Balaban J connectivity index is 1.37. The number of nitrogens with zero attached hydrogens (tertiary/aromatic N) is 1. The van der Waals surface area contributed by atoms with Gasteiger partial charge in [-0.3, -0.25) is 19.2 Å². The van der Waals surface area contributed by atoms with E-state index in [0.29, 0.717) is 32.6 Å². The van der Waals surface area contributed by atoms with Crippen LogP contribution in [-0.2, 0) is 14.4 Å². The second-order valence-electron chi connectivity index (χ2n) is 9.48. The van der Waals surface area contributed by atoms with Crippen LogP contribution < -0.4 is 19.8 Å². The molecule has 0 aliphatic carbocycles. The zero-order valence-electron chi connectivity index (χ0n) is 21.1. The molecule has 1 aromatic heterocycles. The van der Waals surface area contributed by atoms with Crippen LogP contribution in [0.3, 0.4) is 0 Å². The average Bonchev–Trinajstić information content (AvgIpc) is 3.43. The van der Waals surface area contributed by atoms with Crippen LogP contribution in [0.2, 0.25) is 0 Å². The third-order valence-electron chi connectivity index (χ3n) is 6.84. The first-order chi connectivity index (χ1) is 19.3. The molecule has 3 aromatic carbocycles. The van der Waals surface area contributed by atoms with E-state index in [1.807, 2.05) is 43.3 Å². The fourth-order valence-corrected chi connectivity index (χ4v) is 7.94. The summed E-state index contributed by atoms with van der Waals surface area (Å²) in [5.74, 6) is -2.03. The summed E-state index contributed by atoms with van der Waals surface area (Å²) in [7, 11) is 0. The fourth-order valence-electron chi connectivity index (χ4n) is 5.06. The quantitative estimate of drug-likeness (QED) is 0.278. The molecule has 0 bridgehead atoms. The minimum absolute atomic E-state index is 0.266. The minimum atomic E-state index is -0.771. The van der Waals surface area contributed by atoms with Crippen molar-refractivity contribution in [2.24, 2.45) is 5.92 Å². The number of imide groups is 1. The highest BCUT2D eigenvalue weighted by molar-refractivity contribution is 9.10. The predicted molar refractivity (Wildman–Crippen MR) is 158 cm³/mol. The summed E-state index contributed by atoms with van der Waals surface area (Å²) in [5.41, 5.74) is 2.78. The zero-order valence-corrected chi connectivity index (χ0v) is 24.3. The molecule has 0 spiro atoms. The van der Waals surface area contributed by atoms with Crippen molar-refractivity contribution in [2.45, 2.75) is 23.1 Å². The first-order valence-corrected chi connectivity index (χ1v) is 14.9. The number of rotatable bonds is 6. The van der Waals surface area contributed by atoms with Crippen molar-refractivity contribution in [3.8, 4) is 5.75 Å². The molecule has 2 aliphatic heterocycles. The number of para-hydroxylation sites is 1. The van der Waals surface area contributed by atoms with E-state index in [-0.39, 0.29) is 29.2 Å². The number of amides is 3. The fraction of sp³-hybridized carbons (Fsp3) is 0.172. The molecule has 0 radical (unpaired) electrons. The molecule has 3 amide bonds. The van der Waals surface area contributed by atoms with Crippen LogP contribution >= 0.6 is 39.0 Å². The van der Waals surface area contributed by atoms with Crippen LogP contribution in [0.25, 0.3) is 0 Å². The van der Waals surface area contributed by atoms with E-state index < -0.39 is 17.1 Å². The van der Waals surface area contributed by atoms with Crippen molar-refractivity contribution in [1.82, 2.24) is 4.98 Å². The van der Waals surface area contributed by atoms with Gasteiger partial charge in [0.05, 0.1) is 16.6 Å². The van der Waals surface area contributed by atoms with Crippen molar-refractivity contribution in [3.05, 3.63) is 103 Å². The van der Waals surface area contributed by atoms with Crippen LogP contribution in [-0.4, -0.2) is 34.6 Å². The number of benzene rings is 3. The Hall–Kier alpha value is -3.67. The highest BCUT2D eigenvalue weighted by Crippen LogP contribution is 2.54. The average molecular weight is 637 g/mol. The second kappa shape index (κ2) is 10.7. The minimum Gasteiger partial charge on any atom is -0.483 e. The number of hydrogen-bond acceptors (Lipinski definition) is 7. The largest absolute Gasteiger partial charge is 0.483 e. The van der Waals surface area contributed by atoms with Gasteiger partial charge in [0, 0.05) is 26.5 Å². The van der Waals surface area contributed by atoms with Gasteiger partial charge in [0.2, 0.25) is 11.8 Å². The van der Waals surface area contributed by atoms with Crippen molar-refractivity contribution < 1.29 is 19.1 Å². The number of aryl methyl sites for hydroxylation is 1. The zero-order chi connectivity index (χ0) is 28.0. The molecule has 40 heavy (non-hydrogen) atoms. The molecule has 2 unspecified atom stereocenters. The standard InChI is InChI=1S/C29H22BrN3O5S2/c1-15-7-10-18(11-8-15)33-27(35)23-22(24-26(32-29(37)40-24)39-25(23)28(33)36)19-13-16(30)9-12-20(19)38-14-21(34)31-17-5-3-2-4-6-17/h2-13,22-23,25H,14H2,1H3,(H,31,34)(H,32,37)/t22-,23?,25?/m1/s1. The van der Waals surface area contributed by atoms with Crippen molar-refractivity contribution in [2.75, 3.05) is 16.8 Å². The molecule has 4 aromatic rings. The Labute approximate surface area is 245 Å². The number of carbonyl (C=O) groups is 3. The van der Waals surface area contributed by atoms with E-state index in [0.717, 1.165) is 21.4 Å². The lowest BCUT2D eigenvalue weighted by molar-refractivity contribution is -0.122. The van der Waals surface area contributed by atoms with E-state index in [1.165, 1.54) is 16.7 Å². The number of ether oxygens (including phenoxy) is 1. The Morgan fingerprint density at radius 3 is 2.52 bits per heavy atom. The third-order valence-corrected chi connectivity index (χ3v) is 9.73. The lowest BCUT2D eigenvalue weighted by atomic mass is 9.82. The number of H-pyrrole nitrogens is 1. The number of fused-ring (bicyclic) bond motifs is 2. The molecule has 0 saturated carbocycles. The van der Waals surface area contributed by atoms with E-state index in [4.69, 9.17) is 4.74 Å². The molecule has 8 nitrogen and oxygen atoms in total. The first kappa shape index (κ1) is 26.5. The maximum atomic E-state index is 14.0. The summed E-state index contributed by atoms with van der Waals surface area (Å²) < 4.78 is 6.73. The molecule has 2 aliphatic rings. The van der Waals surface area contributed by atoms with Crippen LogP contribution in [0.1, 0.15) is 21.9 Å². The number of carbonyl (C=O) groups excluding carboxylic acids is 3. The van der Waals surface area contributed by atoms with E-state index in [9.17, 15) is 19.2 Å². The Morgan fingerprint density at radius 2 is 1.77 bits per heavy atom. The number of thiazole rings is 1. The van der Waals surface area contributed by atoms with Gasteiger partial charge < -0.3 is 15.0 Å². The predicted octanol–water partition coefficient (Wildman–Crippen LogP) is 5.32. The number of thioether (sulfide) groups is 1. The molecule has 6 rings (SSSR count). The maximum absolute atomic E-state index is 14.0. The molecule has 2 N–H and O–H groups in total. The van der Waals surface area contributed by atoms with Gasteiger partial charge in [-0.05, 0) is 49.4 Å². The number of anilines is 2. The summed E-state index contributed by atoms with van der Waals surface area (Å²) >= 11 is 5.76. The van der Waals surface area contributed by atoms with E-state index in [1.54, 1.807) is 36.4 Å². The number of hydrogen-bond donors (Lipinski definition) is 2. The number of aromatic nitrogens is 1. The normalized spacial score (nSPS) is 19.8. The van der Waals surface area contributed by atoms with Gasteiger partial charge in [-0.1, -0.05) is 74.9 Å². The summed E-state index contributed by atoms with van der Waals surface area (Å²) in [5, 5.41) is 2.63. The smallest absolute Gasteiger partial charge is 0.305 e. The van der Waals surface area contributed by atoms with E-state index in [2.05, 4.69) is 26.2 Å². The van der Waals surface area contributed by atoms with Gasteiger partial charge in [0.1, 0.15) is 11.0 Å². The lowest BCUT2D eigenvalue weighted by Gasteiger charge is -2.31. The van der Waals surface area contributed by atoms with Crippen LogP contribution in [0.15, 0.2) is 87.1 Å². The Morgan fingerprint density at radius 1 is 1.02 bits per heavy atom. The summed E-state index contributed by atoms with van der Waals surface area (Å²) in [6.07, 6.45) is 0. The first-order valence-electron chi connectivity index (χ1n) is 12.4. The van der Waals surface area contributed by atoms with Gasteiger partial charge in [0.15, 0.2) is 6.61 Å². The van der Waals surface area contributed by atoms with Crippen LogP contribution in [0, 0.1) is 12.8 Å². The molecule has 202 valence electrons. The van der Waals surface area contributed by atoms with Gasteiger partial charge in [-0.15, -0.1) is 0 Å². The number of aromatic amines is 1. The van der Waals surface area contributed by atoms with Gasteiger partial charge >= 0.3 is 4.87 Å². The van der Waals surface area contributed by atoms with Gasteiger partial charge in [-0.25, -0.2) is 4.90 Å².